The lowest BCUT2D eigenvalue weighted by Gasteiger charge is -2.34. The summed E-state index contributed by atoms with van der Waals surface area (Å²) in [6.45, 7) is 11.4. The highest BCUT2D eigenvalue weighted by Gasteiger charge is 2.28. The van der Waals surface area contributed by atoms with E-state index in [0.717, 1.165) is 38.4 Å². The fourth-order valence-electron chi connectivity index (χ4n) is 2.88. The van der Waals surface area contributed by atoms with Crippen LogP contribution in [-0.2, 0) is 9.59 Å². The summed E-state index contributed by atoms with van der Waals surface area (Å²) in [7, 11) is 1.68. The molecule has 0 aromatic rings. The molecule has 26 heavy (non-hydrogen) atoms. The summed E-state index contributed by atoms with van der Waals surface area (Å²) in [5, 5.41) is 8.90. The Labute approximate surface area is 175 Å². The average Bonchev–Trinajstić information content (AvgIpc) is 2.59. The first-order valence-corrected chi connectivity index (χ1v) is 9.36. The highest BCUT2D eigenvalue weighted by atomic mass is 127. The highest BCUT2D eigenvalue weighted by molar-refractivity contribution is 14.0. The number of carbonyl (C=O) groups excluding carboxylic acids is 2. The number of halogens is 1. The number of nitrogens with zero attached hydrogens (tertiary/aromatic N) is 2. The van der Waals surface area contributed by atoms with Crippen LogP contribution in [0.1, 0.15) is 47.0 Å². The molecule has 0 aromatic carbocycles. The van der Waals surface area contributed by atoms with Crippen LogP contribution < -0.4 is 16.0 Å². The molecule has 1 fully saturated rings. The van der Waals surface area contributed by atoms with Crippen LogP contribution in [-0.4, -0.2) is 62.4 Å². The summed E-state index contributed by atoms with van der Waals surface area (Å²) in [5.74, 6) is 1.44. The zero-order chi connectivity index (χ0) is 18.9. The average molecular weight is 481 g/mol. The summed E-state index contributed by atoms with van der Waals surface area (Å²) >= 11 is 0. The smallest absolute Gasteiger partial charge is 0.227 e. The van der Waals surface area contributed by atoms with Crippen LogP contribution in [0.2, 0.25) is 0 Å². The van der Waals surface area contributed by atoms with Gasteiger partial charge in [-0.2, -0.15) is 0 Å². The third-order valence-electron chi connectivity index (χ3n) is 4.58. The molecule has 1 saturated heterocycles. The van der Waals surface area contributed by atoms with E-state index in [-0.39, 0.29) is 35.8 Å². The maximum absolute atomic E-state index is 12.1. The Morgan fingerprint density at radius 1 is 1.12 bits per heavy atom. The quantitative estimate of drug-likeness (QED) is 0.293. The summed E-state index contributed by atoms with van der Waals surface area (Å²) in [6.07, 6.45) is 2.57. The molecule has 0 saturated carbocycles. The second kappa shape index (κ2) is 12.3. The number of rotatable bonds is 7. The Bertz CT molecular complexity index is 474. The number of amides is 2. The van der Waals surface area contributed by atoms with Gasteiger partial charge in [-0.25, -0.2) is 0 Å². The fraction of sp³-hybridized carbons (Fsp3) is 0.833. The first kappa shape index (κ1) is 24.9. The number of likely N-dealkylation sites (tertiary alicyclic amines) is 1. The van der Waals surface area contributed by atoms with E-state index in [4.69, 9.17) is 4.99 Å². The van der Waals surface area contributed by atoms with Crippen molar-refractivity contribution in [1.29, 1.82) is 0 Å². The van der Waals surface area contributed by atoms with E-state index in [2.05, 4.69) is 20.9 Å². The van der Waals surface area contributed by atoms with Gasteiger partial charge in [0.05, 0.1) is 12.0 Å². The number of carbonyl (C=O) groups is 2. The normalized spacial score (nSPS) is 15.9. The van der Waals surface area contributed by atoms with E-state index in [9.17, 15) is 9.59 Å². The van der Waals surface area contributed by atoms with Gasteiger partial charge in [-0.3, -0.25) is 14.6 Å². The van der Waals surface area contributed by atoms with Gasteiger partial charge >= 0.3 is 0 Å². The van der Waals surface area contributed by atoms with Gasteiger partial charge in [0, 0.05) is 39.6 Å². The Hall–Kier alpha value is -1.06. The Morgan fingerprint density at radius 3 is 2.19 bits per heavy atom. The lowest BCUT2D eigenvalue weighted by molar-refractivity contribution is -0.128. The predicted molar refractivity (Wildman–Crippen MR) is 117 cm³/mol. The molecular formula is C18H36IN5O2. The molecule has 0 aromatic heterocycles. The van der Waals surface area contributed by atoms with Crippen molar-refractivity contribution in [2.24, 2.45) is 16.3 Å². The van der Waals surface area contributed by atoms with Gasteiger partial charge in [0.25, 0.3) is 0 Å². The van der Waals surface area contributed by atoms with Gasteiger partial charge in [-0.15, -0.1) is 24.0 Å². The summed E-state index contributed by atoms with van der Waals surface area (Å²) in [6, 6.07) is 0. The minimum absolute atomic E-state index is 0. The molecule has 0 unspecified atom stereocenters. The van der Waals surface area contributed by atoms with Gasteiger partial charge in [-0.1, -0.05) is 0 Å². The molecule has 1 rings (SSSR count). The van der Waals surface area contributed by atoms with Crippen LogP contribution >= 0.6 is 24.0 Å². The van der Waals surface area contributed by atoms with Gasteiger partial charge in [0.1, 0.15) is 0 Å². The molecule has 1 aliphatic rings. The van der Waals surface area contributed by atoms with Gasteiger partial charge in [-0.05, 0) is 46.5 Å². The van der Waals surface area contributed by atoms with E-state index in [0.29, 0.717) is 25.4 Å². The highest BCUT2D eigenvalue weighted by Crippen LogP contribution is 2.21. The van der Waals surface area contributed by atoms with Crippen molar-refractivity contribution in [1.82, 2.24) is 20.9 Å². The molecule has 0 spiro atoms. The Balaban J connectivity index is 0.00000625. The monoisotopic (exact) mass is 481 g/mol. The van der Waals surface area contributed by atoms with Crippen molar-refractivity contribution in [3.05, 3.63) is 0 Å². The summed E-state index contributed by atoms with van der Waals surface area (Å²) < 4.78 is 0. The molecule has 2 amide bonds. The minimum Gasteiger partial charge on any atom is -0.359 e. The summed E-state index contributed by atoms with van der Waals surface area (Å²) in [5.41, 5.74) is -0.534. The van der Waals surface area contributed by atoms with Crippen LogP contribution in [0.25, 0.3) is 0 Å². The number of piperidine rings is 1. The SMILES string of the molecule is CCNC(=O)C(C)(C)CN=C(NCC)N1CCC(CC(=O)NC)CC1.I. The number of hydrogen-bond acceptors (Lipinski definition) is 3. The first-order chi connectivity index (χ1) is 11.8. The van der Waals surface area contributed by atoms with Crippen LogP contribution in [0.3, 0.4) is 0 Å². The zero-order valence-corrected chi connectivity index (χ0v) is 19.2. The maximum Gasteiger partial charge on any atom is 0.227 e. The third kappa shape index (κ3) is 8.09. The second-order valence-electron chi connectivity index (χ2n) is 7.22. The topological polar surface area (TPSA) is 85.8 Å². The van der Waals surface area contributed by atoms with Crippen molar-refractivity contribution in [2.45, 2.75) is 47.0 Å². The molecule has 1 heterocycles. The van der Waals surface area contributed by atoms with Crippen molar-refractivity contribution >= 4 is 41.8 Å². The third-order valence-corrected chi connectivity index (χ3v) is 4.58. The molecular weight excluding hydrogens is 445 g/mol. The molecule has 152 valence electrons. The molecule has 3 N–H and O–H groups in total. The summed E-state index contributed by atoms with van der Waals surface area (Å²) in [4.78, 5) is 30.6. The van der Waals surface area contributed by atoms with Gasteiger partial charge < -0.3 is 20.9 Å². The Morgan fingerprint density at radius 2 is 1.69 bits per heavy atom. The van der Waals surface area contributed by atoms with E-state index in [1.165, 1.54) is 0 Å². The van der Waals surface area contributed by atoms with Crippen molar-refractivity contribution in [3.8, 4) is 0 Å². The fourth-order valence-corrected chi connectivity index (χ4v) is 2.88. The van der Waals surface area contributed by atoms with Crippen molar-refractivity contribution in [2.75, 3.05) is 39.8 Å². The van der Waals surface area contributed by atoms with Crippen LogP contribution in [0.4, 0.5) is 0 Å². The van der Waals surface area contributed by atoms with E-state index in [1.54, 1.807) is 7.05 Å². The van der Waals surface area contributed by atoms with Crippen LogP contribution in [0, 0.1) is 11.3 Å². The van der Waals surface area contributed by atoms with Gasteiger partial charge in [0.15, 0.2) is 5.96 Å². The van der Waals surface area contributed by atoms with Crippen LogP contribution in [0.15, 0.2) is 4.99 Å². The number of hydrogen-bond donors (Lipinski definition) is 3. The van der Waals surface area contributed by atoms with Gasteiger partial charge in [0.2, 0.25) is 11.8 Å². The number of guanidine groups is 1. The van der Waals surface area contributed by atoms with E-state index >= 15 is 0 Å². The molecule has 1 aliphatic heterocycles. The minimum atomic E-state index is -0.534. The largest absolute Gasteiger partial charge is 0.359 e. The van der Waals surface area contributed by atoms with E-state index < -0.39 is 5.41 Å². The maximum atomic E-state index is 12.1. The standard InChI is InChI=1S/C18H35N5O2.HI/c1-6-20-16(25)18(3,4)13-22-17(21-7-2)23-10-8-14(9-11-23)12-15(24)19-5;/h14H,6-13H2,1-5H3,(H,19,24)(H,20,25)(H,21,22);1H. The molecule has 8 heteroatoms. The second-order valence-corrected chi connectivity index (χ2v) is 7.22. The number of aliphatic imine (C=N–C) groups is 1. The Kier molecular flexibility index (Phi) is 11.8. The molecule has 0 aliphatic carbocycles. The number of nitrogens with one attached hydrogen (secondary N) is 3. The molecule has 0 radical (unpaired) electrons. The molecule has 0 bridgehead atoms. The van der Waals surface area contributed by atoms with Crippen LogP contribution in [0.5, 0.6) is 0 Å². The molecule has 7 nitrogen and oxygen atoms in total. The van der Waals surface area contributed by atoms with Crippen molar-refractivity contribution in [3.63, 3.8) is 0 Å². The lowest BCUT2D eigenvalue weighted by atomic mass is 9.92. The predicted octanol–water partition coefficient (Wildman–Crippen LogP) is 1.58. The van der Waals surface area contributed by atoms with Crippen molar-refractivity contribution < 1.29 is 9.59 Å². The zero-order valence-electron chi connectivity index (χ0n) is 16.9. The van der Waals surface area contributed by atoms with E-state index in [1.807, 2.05) is 27.7 Å². The molecule has 0 atom stereocenters. The lowest BCUT2D eigenvalue weighted by Crippen LogP contribution is -2.47. The first-order valence-electron chi connectivity index (χ1n) is 9.36.